The lowest BCUT2D eigenvalue weighted by atomic mass is 9.97. The van der Waals surface area contributed by atoms with E-state index in [-0.39, 0.29) is 11.5 Å². The first-order chi connectivity index (χ1) is 16.2. The third kappa shape index (κ3) is 4.55. The Bertz CT molecular complexity index is 1210. The highest BCUT2D eigenvalue weighted by atomic mass is 32.2. The molecule has 1 amide bonds. The molecule has 3 aromatic rings. The molecule has 0 atom stereocenters. The van der Waals surface area contributed by atoms with Crippen molar-refractivity contribution in [3.63, 3.8) is 0 Å². The van der Waals surface area contributed by atoms with Gasteiger partial charge in [-0.1, -0.05) is 24.6 Å². The van der Waals surface area contributed by atoms with E-state index < -0.39 is 0 Å². The maximum absolute atomic E-state index is 13.8. The summed E-state index contributed by atoms with van der Waals surface area (Å²) in [4.78, 5) is 35.8. The third-order valence-electron chi connectivity index (χ3n) is 6.57. The highest BCUT2D eigenvalue weighted by molar-refractivity contribution is 7.99. The van der Waals surface area contributed by atoms with Gasteiger partial charge in [-0.2, -0.15) is 0 Å². The van der Waals surface area contributed by atoms with Crippen molar-refractivity contribution in [1.82, 2.24) is 14.5 Å². The molecule has 33 heavy (non-hydrogen) atoms. The summed E-state index contributed by atoms with van der Waals surface area (Å²) in [5, 5.41) is 1.34. The predicted molar refractivity (Wildman–Crippen MR) is 134 cm³/mol. The Morgan fingerprint density at radius 2 is 1.79 bits per heavy atom. The normalized spacial score (nSPS) is 16.5. The molecule has 0 radical (unpaired) electrons. The Kier molecular flexibility index (Phi) is 6.74. The van der Waals surface area contributed by atoms with Crippen molar-refractivity contribution in [2.45, 2.75) is 56.5 Å². The summed E-state index contributed by atoms with van der Waals surface area (Å²) in [6, 6.07) is 7.47. The van der Waals surface area contributed by atoms with Gasteiger partial charge in [0.2, 0.25) is 5.91 Å². The van der Waals surface area contributed by atoms with Gasteiger partial charge in [0.1, 0.15) is 10.6 Å². The number of thiophene rings is 1. The van der Waals surface area contributed by atoms with Crippen LogP contribution in [0.4, 0.5) is 0 Å². The number of aromatic nitrogens is 2. The summed E-state index contributed by atoms with van der Waals surface area (Å²) in [5.74, 6) is 1.15. The van der Waals surface area contributed by atoms with Gasteiger partial charge in [-0.3, -0.25) is 14.2 Å². The number of thioether (sulfide) groups is 1. The third-order valence-corrected chi connectivity index (χ3v) is 8.68. The van der Waals surface area contributed by atoms with E-state index in [9.17, 15) is 9.59 Å². The zero-order valence-electron chi connectivity index (χ0n) is 19.0. The molecule has 2 aromatic heterocycles. The lowest BCUT2D eigenvalue weighted by molar-refractivity contribution is -0.128. The number of carbonyl (C=O) groups is 1. The fourth-order valence-corrected chi connectivity index (χ4v) is 7.00. The van der Waals surface area contributed by atoms with Gasteiger partial charge in [-0.25, -0.2) is 4.98 Å². The maximum atomic E-state index is 13.8. The molecule has 0 saturated carbocycles. The molecule has 1 aromatic carbocycles. The highest BCUT2D eigenvalue weighted by Gasteiger charge is 2.24. The topological polar surface area (TPSA) is 64.4 Å². The van der Waals surface area contributed by atoms with Crippen molar-refractivity contribution in [3.8, 4) is 11.4 Å². The number of ether oxygens (including phenoxy) is 1. The molecule has 5 rings (SSSR count). The van der Waals surface area contributed by atoms with Crippen LogP contribution in [0.5, 0.6) is 5.75 Å². The number of rotatable bonds is 5. The Balaban J connectivity index is 1.54. The molecule has 8 heteroatoms. The molecule has 6 nitrogen and oxygen atoms in total. The summed E-state index contributed by atoms with van der Waals surface area (Å²) in [5.41, 5.74) is 1.89. The van der Waals surface area contributed by atoms with Gasteiger partial charge < -0.3 is 9.64 Å². The standard InChI is InChI=1S/C25H29N3O3S2/c1-31-18-12-10-17(11-13-18)28-24(30)22-19-8-4-5-9-20(19)33-23(22)26-25(28)32-16-21(29)27-14-6-2-3-7-15-27/h10-13H,2-9,14-16H2,1H3. The van der Waals surface area contributed by atoms with Gasteiger partial charge in [0.25, 0.3) is 5.56 Å². The van der Waals surface area contributed by atoms with Gasteiger partial charge in [-0.15, -0.1) is 11.3 Å². The van der Waals surface area contributed by atoms with Gasteiger partial charge in [0, 0.05) is 18.0 Å². The number of hydrogen-bond donors (Lipinski definition) is 0. The van der Waals surface area contributed by atoms with Crippen LogP contribution in [0.3, 0.4) is 0 Å². The number of likely N-dealkylation sites (tertiary alicyclic amines) is 1. The molecule has 0 N–H and O–H groups in total. The van der Waals surface area contributed by atoms with Gasteiger partial charge in [-0.05, 0) is 68.4 Å². The number of methoxy groups -OCH3 is 1. The Labute approximate surface area is 202 Å². The summed E-state index contributed by atoms with van der Waals surface area (Å²) in [7, 11) is 1.63. The Morgan fingerprint density at radius 1 is 1.06 bits per heavy atom. The first-order valence-corrected chi connectivity index (χ1v) is 13.6. The predicted octanol–water partition coefficient (Wildman–Crippen LogP) is 4.83. The quantitative estimate of drug-likeness (QED) is 0.384. The number of aryl methyl sites for hydroxylation is 2. The summed E-state index contributed by atoms with van der Waals surface area (Å²) >= 11 is 3.02. The van der Waals surface area contributed by atoms with Crippen LogP contribution in [0.1, 0.15) is 49.0 Å². The van der Waals surface area contributed by atoms with E-state index in [4.69, 9.17) is 9.72 Å². The Hall–Kier alpha value is -2.32. The molecule has 2 aliphatic rings. The lowest BCUT2D eigenvalue weighted by Gasteiger charge is -2.20. The zero-order valence-corrected chi connectivity index (χ0v) is 20.6. The molecule has 3 heterocycles. The van der Waals surface area contributed by atoms with Crippen molar-refractivity contribution >= 4 is 39.2 Å². The number of benzene rings is 1. The van der Waals surface area contributed by atoms with E-state index in [0.29, 0.717) is 10.9 Å². The van der Waals surface area contributed by atoms with Gasteiger partial charge in [0.15, 0.2) is 5.16 Å². The van der Waals surface area contributed by atoms with E-state index >= 15 is 0 Å². The molecule has 174 valence electrons. The van der Waals surface area contributed by atoms with Crippen molar-refractivity contribution in [3.05, 3.63) is 45.1 Å². The first-order valence-electron chi connectivity index (χ1n) is 11.8. The van der Waals surface area contributed by atoms with Crippen LogP contribution >= 0.6 is 23.1 Å². The van der Waals surface area contributed by atoms with Crippen LogP contribution in [0.25, 0.3) is 15.9 Å². The van der Waals surface area contributed by atoms with Crippen LogP contribution in [-0.2, 0) is 17.6 Å². The molecule has 0 unspecified atom stereocenters. The number of hydrogen-bond acceptors (Lipinski definition) is 6. The number of fused-ring (bicyclic) bond motifs is 3. The average Bonchev–Trinajstić information content (AvgIpc) is 3.01. The SMILES string of the molecule is COc1ccc(-n2c(SCC(=O)N3CCCCCC3)nc3sc4c(c3c2=O)CCCC4)cc1. The van der Waals surface area contributed by atoms with Crippen molar-refractivity contribution in [1.29, 1.82) is 0 Å². The van der Waals surface area contributed by atoms with E-state index in [2.05, 4.69) is 0 Å². The first kappa shape index (κ1) is 22.5. The lowest BCUT2D eigenvalue weighted by Crippen LogP contribution is -2.33. The van der Waals surface area contributed by atoms with Crippen LogP contribution in [0.15, 0.2) is 34.2 Å². The minimum absolute atomic E-state index is 0.0331. The second-order valence-corrected chi connectivity index (χ2v) is 10.7. The van der Waals surface area contributed by atoms with Crippen LogP contribution in [-0.4, -0.2) is 46.3 Å². The minimum Gasteiger partial charge on any atom is -0.497 e. The molecule has 1 fully saturated rings. The van der Waals surface area contributed by atoms with Crippen molar-refractivity contribution in [2.24, 2.45) is 0 Å². The van der Waals surface area contributed by atoms with Crippen molar-refractivity contribution < 1.29 is 9.53 Å². The summed E-state index contributed by atoms with van der Waals surface area (Å²) < 4.78 is 6.98. The average molecular weight is 484 g/mol. The monoisotopic (exact) mass is 483 g/mol. The second-order valence-electron chi connectivity index (χ2n) is 8.71. The molecule has 1 aliphatic carbocycles. The Morgan fingerprint density at radius 3 is 2.52 bits per heavy atom. The van der Waals surface area contributed by atoms with Crippen molar-refractivity contribution in [2.75, 3.05) is 26.0 Å². The highest BCUT2D eigenvalue weighted by Crippen LogP contribution is 2.35. The molecular formula is C25H29N3O3S2. The molecule has 1 aliphatic heterocycles. The van der Waals surface area contributed by atoms with Crippen LogP contribution in [0, 0.1) is 0 Å². The number of amides is 1. The van der Waals surface area contributed by atoms with E-state index in [1.165, 1.54) is 41.5 Å². The van der Waals surface area contributed by atoms with Crippen LogP contribution < -0.4 is 10.3 Å². The molecular weight excluding hydrogens is 454 g/mol. The van der Waals surface area contributed by atoms with E-state index in [1.54, 1.807) is 23.0 Å². The summed E-state index contributed by atoms with van der Waals surface area (Å²) in [6.45, 7) is 1.66. The minimum atomic E-state index is -0.0331. The molecule has 0 bridgehead atoms. The van der Waals surface area contributed by atoms with E-state index in [1.807, 2.05) is 29.2 Å². The van der Waals surface area contributed by atoms with Gasteiger partial charge >= 0.3 is 0 Å². The number of nitrogens with zero attached hydrogens (tertiary/aromatic N) is 3. The second kappa shape index (κ2) is 9.89. The zero-order chi connectivity index (χ0) is 22.8. The fraction of sp³-hybridized carbons (Fsp3) is 0.480. The van der Waals surface area contributed by atoms with Crippen LogP contribution in [0.2, 0.25) is 0 Å². The maximum Gasteiger partial charge on any atom is 0.267 e. The molecule has 1 saturated heterocycles. The van der Waals surface area contributed by atoms with E-state index in [0.717, 1.165) is 66.8 Å². The largest absolute Gasteiger partial charge is 0.497 e. The smallest absolute Gasteiger partial charge is 0.267 e. The number of carbonyl (C=O) groups excluding carboxylic acids is 1. The molecule has 0 spiro atoms. The summed E-state index contributed by atoms with van der Waals surface area (Å²) in [6.07, 6.45) is 8.75. The fourth-order valence-electron chi connectivity index (χ4n) is 4.78. The van der Waals surface area contributed by atoms with Gasteiger partial charge in [0.05, 0.1) is 23.9 Å².